The van der Waals surface area contributed by atoms with E-state index in [1.54, 1.807) is 19.2 Å². The number of methoxy groups -OCH3 is 1. The van der Waals surface area contributed by atoms with E-state index < -0.39 is 0 Å². The minimum atomic E-state index is -0.230. The van der Waals surface area contributed by atoms with Crippen LogP contribution in [-0.4, -0.2) is 7.11 Å². The molecule has 16 heavy (non-hydrogen) atoms. The van der Waals surface area contributed by atoms with Gasteiger partial charge in [-0.05, 0) is 39.7 Å². The predicted molar refractivity (Wildman–Crippen MR) is 66.1 cm³/mol. The summed E-state index contributed by atoms with van der Waals surface area (Å²) in [7, 11) is 1.59. The van der Waals surface area contributed by atoms with Crippen LogP contribution in [0.3, 0.4) is 0 Å². The van der Waals surface area contributed by atoms with Crippen molar-refractivity contribution < 1.29 is 9.13 Å². The monoisotopic (exact) mass is 280 g/mol. The maximum absolute atomic E-state index is 13.6. The Morgan fingerprint density at radius 2 is 1.88 bits per heavy atom. The summed E-state index contributed by atoms with van der Waals surface area (Å²) in [4.78, 5) is 0. The summed E-state index contributed by atoms with van der Waals surface area (Å²) in [5.74, 6) is 0.465. The molecular formula is C13H10BrFO. The lowest BCUT2D eigenvalue weighted by atomic mass is 10.1. The second-order valence-electron chi connectivity index (χ2n) is 3.33. The Bertz CT molecular complexity index is 511. The Morgan fingerprint density at radius 1 is 1.12 bits per heavy atom. The minimum Gasteiger partial charge on any atom is -0.496 e. The lowest BCUT2D eigenvalue weighted by molar-refractivity contribution is 0.412. The second-order valence-corrected chi connectivity index (χ2v) is 4.18. The minimum absolute atomic E-state index is 0.230. The fraction of sp³-hybridized carbons (Fsp3) is 0.0769. The van der Waals surface area contributed by atoms with E-state index in [1.165, 1.54) is 6.07 Å². The third kappa shape index (κ3) is 2.09. The zero-order valence-corrected chi connectivity index (χ0v) is 10.3. The van der Waals surface area contributed by atoms with Gasteiger partial charge in [-0.1, -0.05) is 24.3 Å². The average molecular weight is 281 g/mol. The maximum atomic E-state index is 13.6. The number of rotatable bonds is 2. The number of benzene rings is 2. The van der Waals surface area contributed by atoms with Gasteiger partial charge in [-0.15, -0.1) is 0 Å². The molecule has 0 heterocycles. The Kier molecular flexibility index (Phi) is 3.25. The first-order valence-electron chi connectivity index (χ1n) is 4.81. The molecule has 1 nitrogen and oxygen atoms in total. The van der Waals surface area contributed by atoms with E-state index >= 15 is 0 Å². The van der Waals surface area contributed by atoms with Gasteiger partial charge in [0.1, 0.15) is 11.6 Å². The molecule has 0 saturated carbocycles. The number of hydrogen-bond donors (Lipinski definition) is 0. The van der Waals surface area contributed by atoms with Gasteiger partial charge in [-0.2, -0.15) is 0 Å². The smallest absolute Gasteiger partial charge is 0.133 e. The van der Waals surface area contributed by atoms with Crippen molar-refractivity contribution in [1.29, 1.82) is 0 Å². The quantitative estimate of drug-likeness (QED) is 0.799. The second kappa shape index (κ2) is 4.66. The molecule has 0 amide bonds. The van der Waals surface area contributed by atoms with Crippen LogP contribution in [0.1, 0.15) is 0 Å². The summed E-state index contributed by atoms with van der Waals surface area (Å²) in [6.45, 7) is 0. The Hall–Kier alpha value is -1.35. The molecule has 0 bridgehead atoms. The lowest BCUT2D eigenvalue weighted by Gasteiger charge is -2.07. The van der Waals surface area contributed by atoms with E-state index in [0.717, 1.165) is 10.0 Å². The summed E-state index contributed by atoms with van der Waals surface area (Å²) in [6, 6.07) is 12.2. The predicted octanol–water partition coefficient (Wildman–Crippen LogP) is 4.26. The molecule has 0 unspecified atom stereocenters. The zero-order chi connectivity index (χ0) is 11.5. The lowest BCUT2D eigenvalue weighted by Crippen LogP contribution is -1.87. The highest BCUT2D eigenvalue weighted by atomic mass is 79.9. The highest BCUT2D eigenvalue weighted by Crippen LogP contribution is 2.31. The van der Waals surface area contributed by atoms with Crippen LogP contribution >= 0.6 is 15.9 Å². The highest BCUT2D eigenvalue weighted by molar-refractivity contribution is 9.10. The van der Waals surface area contributed by atoms with Gasteiger partial charge >= 0.3 is 0 Å². The van der Waals surface area contributed by atoms with Gasteiger partial charge in [0.25, 0.3) is 0 Å². The van der Waals surface area contributed by atoms with Crippen molar-refractivity contribution >= 4 is 15.9 Å². The Labute approximate surface area is 102 Å². The van der Waals surface area contributed by atoms with Crippen molar-refractivity contribution in [2.45, 2.75) is 0 Å². The van der Waals surface area contributed by atoms with Crippen LogP contribution in [0.15, 0.2) is 46.9 Å². The standard InChI is InChI=1S/C13H10BrFO/c1-16-13-8-9(6-7-11(13)14)10-4-2-3-5-12(10)15/h2-8H,1H3. The van der Waals surface area contributed by atoms with Crippen molar-refractivity contribution in [1.82, 2.24) is 0 Å². The van der Waals surface area contributed by atoms with E-state index in [1.807, 2.05) is 24.3 Å². The van der Waals surface area contributed by atoms with Gasteiger partial charge in [0.15, 0.2) is 0 Å². The largest absolute Gasteiger partial charge is 0.496 e. The van der Waals surface area contributed by atoms with Gasteiger partial charge in [-0.25, -0.2) is 4.39 Å². The number of ether oxygens (including phenoxy) is 1. The fourth-order valence-electron chi connectivity index (χ4n) is 1.52. The van der Waals surface area contributed by atoms with E-state index in [9.17, 15) is 4.39 Å². The molecule has 0 atom stereocenters. The molecule has 0 aliphatic rings. The summed E-state index contributed by atoms with van der Waals surface area (Å²) >= 11 is 3.36. The summed E-state index contributed by atoms with van der Waals surface area (Å²) in [5.41, 5.74) is 1.38. The Morgan fingerprint density at radius 3 is 2.56 bits per heavy atom. The van der Waals surface area contributed by atoms with Crippen molar-refractivity contribution in [2.24, 2.45) is 0 Å². The van der Waals surface area contributed by atoms with Gasteiger partial charge in [0.2, 0.25) is 0 Å². The average Bonchev–Trinajstić information content (AvgIpc) is 2.31. The molecule has 0 aromatic heterocycles. The van der Waals surface area contributed by atoms with Gasteiger partial charge in [0, 0.05) is 5.56 Å². The summed E-state index contributed by atoms with van der Waals surface area (Å²) < 4.78 is 19.6. The maximum Gasteiger partial charge on any atom is 0.133 e. The van der Waals surface area contributed by atoms with Crippen molar-refractivity contribution in [3.05, 3.63) is 52.8 Å². The molecule has 0 N–H and O–H groups in total. The molecule has 2 rings (SSSR count). The van der Waals surface area contributed by atoms with Crippen LogP contribution in [0, 0.1) is 5.82 Å². The molecule has 2 aromatic rings. The van der Waals surface area contributed by atoms with E-state index in [-0.39, 0.29) is 5.82 Å². The molecule has 3 heteroatoms. The first-order valence-corrected chi connectivity index (χ1v) is 5.60. The Balaban J connectivity index is 2.53. The first kappa shape index (κ1) is 11.1. The van der Waals surface area contributed by atoms with Crippen LogP contribution in [0.5, 0.6) is 5.75 Å². The number of hydrogen-bond acceptors (Lipinski definition) is 1. The summed E-state index contributed by atoms with van der Waals surface area (Å²) in [5, 5.41) is 0. The van der Waals surface area contributed by atoms with Gasteiger partial charge < -0.3 is 4.74 Å². The van der Waals surface area contributed by atoms with Crippen molar-refractivity contribution in [3.8, 4) is 16.9 Å². The SMILES string of the molecule is COc1cc(-c2ccccc2F)ccc1Br. The molecule has 82 valence electrons. The molecule has 2 aromatic carbocycles. The molecular weight excluding hydrogens is 271 g/mol. The zero-order valence-electron chi connectivity index (χ0n) is 8.71. The molecule has 0 fully saturated rings. The van der Waals surface area contributed by atoms with Gasteiger partial charge in [0.05, 0.1) is 11.6 Å². The van der Waals surface area contributed by atoms with Crippen molar-refractivity contribution in [3.63, 3.8) is 0 Å². The molecule has 0 aliphatic carbocycles. The molecule has 0 spiro atoms. The normalized spacial score (nSPS) is 10.2. The first-order chi connectivity index (χ1) is 7.72. The van der Waals surface area contributed by atoms with Gasteiger partial charge in [-0.3, -0.25) is 0 Å². The topological polar surface area (TPSA) is 9.23 Å². The third-order valence-electron chi connectivity index (χ3n) is 2.34. The van der Waals surface area contributed by atoms with E-state index in [0.29, 0.717) is 11.3 Å². The third-order valence-corrected chi connectivity index (χ3v) is 2.99. The fourth-order valence-corrected chi connectivity index (χ4v) is 1.93. The number of halogens is 2. The van der Waals surface area contributed by atoms with Crippen LogP contribution < -0.4 is 4.74 Å². The van der Waals surface area contributed by atoms with Crippen LogP contribution in [0.2, 0.25) is 0 Å². The molecule has 0 aliphatic heterocycles. The van der Waals surface area contributed by atoms with Crippen LogP contribution in [-0.2, 0) is 0 Å². The van der Waals surface area contributed by atoms with Crippen LogP contribution in [0.4, 0.5) is 4.39 Å². The van der Waals surface area contributed by atoms with E-state index in [2.05, 4.69) is 15.9 Å². The summed E-state index contributed by atoms with van der Waals surface area (Å²) in [6.07, 6.45) is 0. The van der Waals surface area contributed by atoms with Crippen LogP contribution in [0.25, 0.3) is 11.1 Å². The molecule has 0 saturated heterocycles. The molecule has 0 radical (unpaired) electrons. The van der Waals surface area contributed by atoms with Crippen molar-refractivity contribution in [2.75, 3.05) is 7.11 Å². The highest BCUT2D eigenvalue weighted by Gasteiger charge is 2.07. The van der Waals surface area contributed by atoms with E-state index in [4.69, 9.17) is 4.74 Å².